The number of aryl methyl sites for hydroxylation is 1. The van der Waals surface area contributed by atoms with E-state index in [1.165, 1.54) is 0 Å². The van der Waals surface area contributed by atoms with Crippen LogP contribution in [-0.2, 0) is 16.1 Å². The highest BCUT2D eigenvalue weighted by molar-refractivity contribution is 6.35. The summed E-state index contributed by atoms with van der Waals surface area (Å²) in [5.41, 5.74) is 1.16. The SMILES string of the molecule is Cc1ccc(CNC(=O)C(=O)NC[C@](C)(O)C2CC2)cc1. The predicted molar refractivity (Wildman–Crippen MR) is 79.4 cm³/mol. The van der Waals surface area contributed by atoms with Crippen molar-refractivity contribution in [3.63, 3.8) is 0 Å². The molecule has 0 aliphatic heterocycles. The molecule has 0 heterocycles. The highest BCUT2D eigenvalue weighted by atomic mass is 16.3. The Morgan fingerprint density at radius 1 is 1.19 bits per heavy atom. The number of hydrogen-bond acceptors (Lipinski definition) is 3. The maximum atomic E-state index is 11.7. The molecule has 21 heavy (non-hydrogen) atoms. The third kappa shape index (κ3) is 4.56. The minimum absolute atomic E-state index is 0.106. The minimum Gasteiger partial charge on any atom is -0.388 e. The Bertz CT molecular complexity index is 519. The maximum Gasteiger partial charge on any atom is 0.309 e. The van der Waals surface area contributed by atoms with Gasteiger partial charge in [0.05, 0.1) is 5.60 Å². The number of carbonyl (C=O) groups is 2. The molecule has 3 N–H and O–H groups in total. The Kier molecular flexibility index (Phi) is 4.63. The van der Waals surface area contributed by atoms with Gasteiger partial charge in [0.15, 0.2) is 0 Å². The first-order valence-electron chi connectivity index (χ1n) is 7.22. The van der Waals surface area contributed by atoms with Crippen LogP contribution in [0.3, 0.4) is 0 Å². The summed E-state index contributed by atoms with van der Waals surface area (Å²) in [6.45, 7) is 4.09. The second-order valence-corrected chi connectivity index (χ2v) is 5.98. The Morgan fingerprint density at radius 3 is 2.33 bits per heavy atom. The summed E-state index contributed by atoms with van der Waals surface area (Å²) >= 11 is 0. The quantitative estimate of drug-likeness (QED) is 0.705. The van der Waals surface area contributed by atoms with Crippen LogP contribution in [0.2, 0.25) is 0 Å². The van der Waals surface area contributed by atoms with Gasteiger partial charge in [0.25, 0.3) is 0 Å². The average molecular weight is 290 g/mol. The molecular weight excluding hydrogens is 268 g/mol. The summed E-state index contributed by atoms with van der Waals surface area (Å²) in [7, 11) is 0. The van der Waals surface area contributed by atoms with Gasteiger partial charge < -0.3 is 15.7 Å². The van der Waals surface area contributed by atoms with Gasteiger partial charge in [-0.25, -0.2) is 0 Å². The molecule has 0 saturated heterocycles. The Hall–Kier alpha value is -1.88. The normalized spacial score (nSPS) is 16.9. The Labute approximate surface area is 124 Å². The lowest BCUT2D eigenvalue weighted by molar-refractivity contribution is -0.140. The predicted octanol–water partition coefficient (Wildman–Crippen LogP) is 0.888. The molecule has 114 valence electrons. The molecule has 0 spiro atoms. The molecule has 0 bridgehead atoms. The Balaban J connectivity index is 1.74. The van der Waals surface area contributed by atoms with Gasteiger partial charge in [0.2, 0.25) is 0 Å². The van der Waals surface area contributed by atoms with E-state index in [2.05, 4.69) is 10.6 Å². The minimum atomic E-state index is -0.924. The van der Waals surface area contributed by atoms with Crippen molar-refractivity contribution in [1.82, 2.24) is 10.6 Å². The second kappa shape index (κ2) is 6.26. The van der Waals surface area contributed by atoms with Crippen molar-refractivity contribution in [2.75, 3.05) is 6.54 Å². The van der Waals surface area contributed by atoms with Crippen molar-refractivity contribution in [1.29, 1.82) is 0 Å². The maximum absolute atomic E-state index is 11.7. The third-order valence-corrected chi connectivity index (χ3v) is 3.84. The summed E-state index contributed by atoms with van der Waals surface area (Å²) in [6, 6.07) is 7.72. The van der Waals surface area contributed by atoms with Crippen molar-refractivity contribution in [3.05, 3.63) is 35.4 Å². The average Bonchev–Trinajstić information content (AvgIpc) is 3.29. The summed E-state index contributed by atoms with van der Waals surface area (Å²) < 4.78 is 0. The van der Waals surface area contributed by atoms with Crippen molar-refractivity contribution in [3.8, 4) is 0 Å². The van der Waals surface area contributed by atoms with Crippen LogP contribution in [0.4, 0.5) is 0 Å². The topological polar surface area (TPSA) is 78.4 Å². The van der Waals surface area contributed by atoms with E-state index in [1.54, 1.807) is 6.92 Å². The van der Waals surface area contributed by atoms with E-state index in [-0.39, 0.29) is 12.5 Å². The molecule has 1 aromatic rings. The summed E-state index contributed by atoms with van der Waals surface area (Å²) in [5.74, 6) is -1.15. The van der Waals surface area contributed by atoms with Crippen LogP contribution in [0.5, 0.6) is 0 Å². The van der Waals surface area contributed by atoms with Gasteiger partial charge in [0, 0.05) is 13.1 Å². The van der Waals surface area contributed by atoms with Crippen LogP contribution >= 0.6 is 0 Å². The third-order valence-electron chi connectivity index (χ3n) is 3.84. The molecule has 5 heteroatoms. The van der Waals surface area contributed by atoms with E-state index in [1.807, 2.05) is 31.2 Å². The van der Waals surface area contributed by atoms with E-state index in [4.69, 9.17) is 0 Å². The largest absolute Gasteiger partial charge is 0.388 e. The fourth-order valence-corrected chi connectivity index (χ4v) is 2.16. The van der Waals surface area contributed by atoms with Gasteiger partial charge in [0.1, 0.15) is 0 Å². The van der Waals surface area contributed by atoms with Crippen LogP contribution in [0.1, 0.15) is 30.9 Å². The van der Waals surface area contributed by atoms with Gasteiger partial charge in [-0.1, -0.05) is 29.8 Å². The number of carbonyl (C=O) groups excluding carboxylic acids is 2. The first-order chi connectivity index (χ1) is 9.88. The second-order valence-electron chi connectivity index (χ2n) is 5.98. The zero-order chi connectivity index (χ0) is 15.5. The van der Waals surface area contributed by atoms with Crippen LogP contribution in [0.25, 0.3) is 0 Å². The molecular formula is C16H22N2O3. The van der Waals surface area contributed by atoms with Crippen LogP contribution in [0, 0.1) is 12.8 Å². The van der Waals surface area contributed by atoms with E-state index in [0.717, 1.165) is 24.0 Å². The number of nitrogens with one attached hydrogen (secondary N) is 2. The summed E-state index contributed by atoms with van der Waals surface area (Å²) in [6.07, 6.45) is 1.95. The molecule has 1 aliphatic carbocycles. The number of benzene rings is 1. The smallest absolute Gasteiger partial charge is 0.309 e. The molecule has 2 amide bonds. The van der Waals surface area contributed by atoms with Gasteiger partial charge in [-0.05, 0) is 38.2 Å². The van der Waals surface area contributed by atoms with Crippen molar-refractivity contribution in [2.45, 2.75) is 38.8 Å². The highest BCUT2D eigenvalue weighted by Crippen LogP contribution is 2.38. The number of amides is 2. The Morgan fingerprint density at radius 2 is 1.76 bits per heavy atom. The number of aliphatic hydroxyl groups is 1. The summed E-state index contributed by atoms with van der Waals surface area (Å²) in [4.78, 5) is 23.4. The van der Waals surface area contributed by atoms with Gasteiger partial charge in [-0.15, -0.1) is 0 Å². The monoisotopic (exact) mass is 290 g/mol. The molecule has 5 nitrogen and oxygen atoms in total. The van der Waals surface area contributed by atoms with Crippen LogP contribution < -0.4 is 10.6 Å². The lowest BCUT2D eigenvalue weighted by Gasteiger charge is -2.22. The first kappa shape index (κ1) is 15.5. The molecule has 0 unspecified atom stereocenters. The fourth-order valence-electron chi connectivity index (χ4n) is 2.16. The molecule has 1 atom stereocenters. The molecule has 1 aliphatic rings. The molecule has 2 rings (SSSR count). The standard InChI is InChI=1S/C16H22N2O3/c1-11-3-5-12(6-4-11)9-17-14(19)15(20)18-10-16(2,21)13-7-8-13/h3-6,13,21H,7-10H2,1-2H3,(H,17,19)(H,18,20)/t16-/m0/s1. The number of hydrogen-bond donors (Lipinski definition) is 3. The van der Waals surface area contributed by atoms with Crippen LogP contribution in [0.15, 0.2) is 24.3 Å². The van der Waals surface area contributed by atoms with Crippen molar-refractivity contribution in [2.24, 2.45) is 5.92 Å². The lowest BCUT2D eigenvalue weighted by atomic mass is 10.0. The van der Waals surface area contributed by atoms with E-state index < -0.39 is 17.4 Å². The van der Waals surface area contributed by atoms with Gasteiger partial charge >= 0.3 is 11.8 Å². The summed E-state index contributed by atoms with van der Waals surface area (Å²) in [5, 5.41) is 15.1. The molecule has 1 aromatic carbocycles. The van der Waals surface area contributed by atoms with Crippen molar-refractivity contribution < 1.29 is 14.7 Å². The highest BCUT2D eigenvalue weighted by Gasteiger charge is 2.40. The number of rotatable bonds is 5. The van der Waals surface area contributed by atoms with Crippen LogP contribution in [-0.4, -0.2) is 29.1 Å². The lowest BCUT2D eigenvalue weighted by Crippen LogP contribution is -2.47. The molecule has 0 radical (unpaired) electrons. The zero-order valence-corrected chi connectivity index (χ0v) is 12.5. The van der Waals surface area contributed by atoms with Crippen molar-refractivity contribution >= 4 is 11.8 Å². The zero-order valence-electron chi connectivity index (χ0n) is 12.5. The van der Waals surface area contributed by atoms with E-state index in [9.17, 15) is 14.7 Å². The fraction of sp³-hybridized carbons (Fsp3) is 0.500. The van der Waals surface area contributed by atoms with E-state index in [0.29, 0.717) is 6.54 Å². The van der Waals surface area contributed by atoms with Gasteiger partial charge in [-0.3, -0.25) is 9.59 Å². The first-order valence-corrected chi connectivity index (χ1v) is 7.22. The van der Waals surface area contributed by atoms with Gasteiger partial charge in [-0.2, -0.15) is 0 Å². The van der Waals surface area contributed by atoms with E-state index >= 15 is 0 Å². The molecule has 1 saturated carbocycles. The molecule has 1 fully saturated rings. The molecule has 0 aromatic heterocycles.